The lowest BCUT2D eigenvalue weighted by atomic mass is 10.2. The molecule has 0 spiro atoms. The second kappa shape index (κ2) is 14.5. The lowest BCUT2D eigenvalue weighted by Gasteiger charge is -2.19. The van der Waals surface area contributed by atoms with E-state index in [4.69, 9.17) is 24.7 Å². The van der Waals surface area contributed by atoms with Crippen molar-refractivity contribution in [1.82, 2.24) is 15.7 Å². The number of carbonyl (C=O) groups is 2. The van der Waals surface area contributed by atoms with E-state index in [9.17, 15) is 9.59 Å². The zero-order chi connectivity index (χ0) is 22.2. The van der Waals surface area contributed by atoms with Crippen LogP contribution in [-0.4, -0.2) is 75.3 Å². The zero-order valence-corrected chi connectivity index (χ0v) is 17.9. The quantitative estimate of drug-likeness (QED) is 0.248. The zero-order valence-electron chi connectivity index (χ0n) is 17.9. The molecule has 0 aliphatic rings. The monoisotopic (exact) mass is 427 g/mol. The fourth-order valence-electron chi connectivity index (χ4n) is 1.98. The molecule has 0 aliphatic heterocycles. The van der Waals surface area contributed by atoms with Crippen LogP contribution in [0.15, 0.2) is 18.3 Å². The van der Waals surface area contributed by atoms with Crippen molar-refractivity contribution in [2.24, 2.45) is 5.73 Å². The number of nitrogens with two attached hydrogens (primary N) is 1. The van der Waals surface area contributed by atoms with Gasteiger partial charge in [-0.1, -0.05) is 0 Å². The van der Waals surface area contributed by atoms with E-state index in [1.165, 1.54) is 6.20 Å². The summed E-state index contributed by atoms with van der Waals surface area (Å²) in [5.74, 6) is 0.0974. The van der Waals surface area contributed by atoms with Crippen molar-refractivity contribution in [2.45, 2.75) is 26.4 Å². The maximum atomic E-state index is 12.1. The summed E-state index contributed by atoms with van der Waals surface area (Å²) in [5.41, 5.74) is 10.1. The topological polar surface area (TPSA) is 146 Å². The van der Waals surface area contributed by atoms with Gasteiger partial charge in [-0.3, -0.25) is 10.2 Å². The molecule has 0 saturated carbocycles. The molecular formula is C19H33N5O6. The van der Waals surface area contributed by atoms with Gasteiger partial charge in [-0.15, -0.1) is 0 Å². The van der Waals surface area contributed by atoms with Crippen molar-refractivity contribution >= 4 is 17.8 Å². The van der Waals surface area contributed by atoms with Gasteiger partial charge in [0.1, 0.15) is 11.4 Å². The molecule has 0 bridgehead atoms. The maximum absolute atomic E-state index is 12.1. The van der Waals surface area contributed by atoms with Crippen LogP contribution in [0.2, 0.25) is 0 Å². The Labute approximate surface area is 176 Å². The molecule has 0 fully saturated rings. The predicted molar refractivity (Wildman–Crippen MR) is 111 cm³/mol. The first-order valence-corrected chi connectivity index (χ1v) is 9.74. The van der Waals surface area contributed by atoms with E-state index in [0.717, 1.165) is 0 Å². The summed E-state index contributed by atoms with van der Waals surface area (Å²) in [6.45, 7) is 8.92. The summed E-state index contributed by atoms with van der Waals surface area (Å²) in [6, 6.07) is 3.15. The third kappa shape index (κ3) is 12.9. The van der Waals surface area contributed by atoms with Crippen molar-refractivity contribution in [1.29, 1.82) is 0 Å². The summed E-state index contributed by atoms with van der Waals surface area (Å²) in [5, 5.41) is 2.73. The molecule has 1 heterocycles. The van der Waals surface area contributed by atoms with Gasteiger partial charge < -0.3 is 30.0 Å². The lowest BCUT2D eigenvalue weighted by Crippen LogP contribution is -2.36. The molecule has 0 radical (unpaired) electrons. The summed E-state index contributed by atoms with van der Waals surface area (Å²) in [7, 11) is 0. The highest BCUT2D eigenvalue weighted by Crippen LogP contribution is 2.07. The van der Waals surface area contributed by atoms with E-state index < -0.39 is 11.7 Å². The van der Waals surface area contributed by atoms with Crippen LogP contribution >= 0.6 is 0 Å². The highest BCUT2D eigenvalue weighted by molar-refractivity contribution is 5.94. The van der Waals surface area contributed by atoms with E-state index >= 15 is 0 Å². The Kier molecular flexibility index (Phi) is 12.4. The van der Waals surface area contributed by atoms with Crippen molar-refractivity contribution in [3.63, 3.8) is 0 Å². The molecule has 1 aromatic rings. The molecule has 5 N–H and O–H groups in total. The Morgan fingerprint density at radius 2 is 1.63 bits per heavy atom. The number of amides is 2. The first-order chi connectivity index (χ1) is 14.3. The number of carbonyl (C=O) groups excluding carboxylic acids is 2. The molecule has 0 aliphatic carbocycles. The van der Waals surface area contributed by atoms with E-state index in [2.05, 4.69) is 21.2 Å². The number of nitrogens with zero attached hydrogens (tertiary/aromatic N) is 1. The number of nitrogens with one attached hydrogen (secondary N) is 3. The van der Waals surface area contributed by atoms with Crippen LogP contribution in [0.5, 0.6) is 0 Å². The summed E-state index contributed by atoms with van der Waals surface area (Å²) < 4.78 is 21.0. The lowest BCUT2D eigenvalue weighted by molar-refractivity contribution is 0.0166. The highest BCUT2D eigenvalue weighted by atomic mass is 16.6. The Morgan fingerprint density at radius 3 is 2.20 bits per heavy atom. The smallest absolute Gasteiger partial charge is 0.426 e. The predicted octanol–water partition coefficient (Wildman–Crippen LogP) is 0.672. The molecular weight excluding hydrogens is 394 g/mol. The molecule has 0 saturated heterocycles. The molecule has 30 heavy (non-hydrogen) atoms. The molecule has 1 aromatic heterocycles. The van der Waals surface area contributed by atoms with Crippen molar-refractivity contribution in [3.8, 4) is 0 Å². The van der Waals surface area contributed by atoms with Crippen LogP contribution in [0.3, 0.4) is 0 Å². The van der Waals surface area contributed by atoms with E-state index in [0.29, 0.717) is 64.1 Å². The van der Waals surface area contributed by atoms with Crippen molar-refractivity contribution < 1.29 is 28.5 Å². The number of pyridine rings is 1. The number of hydrogen-bond donors (Lipinski definition) is 4. The van der Waals surface area contributed by atoms with E-state index in [1.807, 2.05) is 0 Å². The van der Waals surface area contributed by atoms with E-state index in [1.54, 1.807) is 32.9 Å². The van der Waals surface area contributed by atoms with Gasteiger partial charge in [0.15, 0.2) is 0 Å². The van der Waals surface area contributed by atoms with Gasteiger partial charge >= 0.3 is 6.09 Å². The van der Waals surface area contributed by atoms with Gasteiger partial charge in [-0.25, -0.2) is 15.2 Å². The van der Waals surface area contributed by atoms with Crippen LogP contribution in [-0.2, 0) is 18.9 Å². The number of anilines is 1. The fraction of sp³-hybridized carbons (Fsp3) is 0.632. The van der Waals surface area contributed by atoms with E-state index in [-0.39, 0.29) is 5.91 Å². The third-order valence-corrected chi connectivity index (χ3v) is 3.26. The van der Waals surface area contributed by atoms with Crippen molar-refractivity contribution in [2.75, 3.05) is 58.2 Å². The van der Waals surface area contributed by atoms with Gasteiger partial charge in [0.05, 0.1) is 45.2 Å². The average molecular weight is 428 g/mol. The number of ether oxygens (including phenoxy) is 4. The Bertz CT molecular complexity index is 621. The molecule has 2 amide bonds. The maximum Gasteiger partial charge on any atom is 0.426 e. The normalized spacial score (nSPS) is 11.1. The minimum absolute atomic E-state index is 0.272. The number of hydrogen-bond acceptors (Lipinski definition) is 9. The first-order valence-electron chi connectivity index (χ1n) is 9.74. The Hall–Kier alpha value is -2.47. The number of hydrazine groups is 1. The van der Waals surface area contributed by atoms with Crippen LogP contribution in [0.4, 0.5) is 10.6 Å². The van der Waals surface area contributed by atoms with Gasteiger partial charge in [0, 0.05) is 19.3 Å². The SMILES string of the molecule is CC(C)(C)OC(=O)NNc1ccc(C(=O)NCCOCCOCCOCCN)cn1. The fourth-order valence-corrected chi connectivity index (χ4v) is 1.98. The van der Waals surface area contributed by atoms with Crippen molar-refractivity contribution in [3.05, 3.63) is 23.9 Å². The van der Waals surface area contributed by atoms with Gasteiger partial charge in [-0.2, -0.15) is 0 Å². The Morgan fingerprint density at radius 1 is 1.00 bits per heavy atom. The summed E-state index contributed by atoms with van der Waals surface area (Å²) in [6.07, 6.45) is 0.770. The second-order valence-corrected chi connectivity index (χ2v) is 7.07. The Balaban J connectivity index is 2.13. The number of rotatable bonds is 14. The summed E-state index contributed by atoms with van der Waals surface area (Å²) in [4.78, 5) is 27.7. The molecule has 0 aromatic carbocycles. The third-order valence-electron chi connectivity index (χ3n) is 3.26. The molecule has 1 rings (SSSR count). The standard InChI is InChI=1S/C19H33N5O6/c1-19(2,3)30-18(26)24-23-16-5-4-15(14-22-16)17(25)21-7-9-28-11-13-29-12-10-27-8-6-20/h4-5,14H,6-13,20H2,1-3H3,(H,21,25)(H,22,23)(H,24,26). The van der Waals surface area contributed by atoms with Crippen LogP contribution in [0, 0.1) is 0 Å². The van der Waals surface area contributed by atoms with Gasteiger partial charge in [-0.05, 0) is 32.9 Å². The second-order valence-electron chi connectivity index (χ2n) is 7.07. The molecule has 11 nitrogen and oxygen atoms in total. The average Bonchev–Trinajstić information content (AvgIpc) is 2.69. The van der Waals surface area contributed by atoms with Crippen LogP contribution in [0.1, 0.15) is 31.1 Å². The highest BCUT2D eigenvalue weighted by Gasteiger charge is 2.15. The molecule has 0 unspecified atom stereocenters. The van der Waals surface area contributed by atoms with Gasteiger partial charge in [0.25, 0.3) is 5.91 Å². The molecule has 0 atom stereocenters. The van der Waals surface area contributed by atoms with Crippen LogP contribution in [0.25, 0.3) is 0 Å². The summed E-state index contributed by atoms with van der Waals surface area (Å²) >= 11 is 0. The van der Waals surface area contributed by atoms with Crippen LogP contribution < -0.4 is 21.9 Å². The largest absolute Gasteiger partial charge is 0.443 e. The molecule has 11 heteroatoms. The first kappa shape index (κ1) is 25.6. The minimum atomic E-state index is -0.628. The minimum Gasteiger partial charge on any atom is -0.443 e. The number of aromatic nitrogens is 1. The molecule has 170 valence electrons. The van der Waals surface area contributed by atoms with Gasteiger partial charge in [0.2, 0.25) is 0 Å².